The average molecular weight is 324 g/mol. The molecule has 100 valence electrons. The molecule has 0 aliphatic rings. The maximum absolute atomic E-state index is 13.8. The molecule has 0 aliphatic carbocycles. The molecule has 1 unspecified atom stereocenters. The molecule has 0 saturated carbocycles. The highest BCUT2D eigenvalue weighted by Gasteiger charge is 2.26. The highest BCUT2D eigenvalue weighted by molar-refractivity contribution is 9.10. The quantitative estimate of drug-likeness (QED) is 0.907. The van der Waals surface area contributed by atoms with Crippen LogP contribution in [0.2, 0.25) is 0 Å². The third kappa shape index (κ3) is 3.11. The van der Waals surface area contributed by atoms with Gasteiger partial charge in [0.25, 0.3) is 0 Å². The van der Waals surface area contributed by atoms with Crippen molar-refractivity contribution in [2.24, 2.45) is 5.73 Å². The van der Waals surface area contributed by atoms with Crippen LogP contribution in [0.5, 0.6) is 0 Å². The zero-order chi connectivity index (χ0) is 13.9. The fraction of sp³-hybridized carbons (Fsp3) is 0.214. The van der Waals surface area contributed by atoms with Gasteiger partial charge in [0.2, 0.25) is 0 Å². The summed E-state index contributed by atoms with van der Waals surface area (Å²) in [6.07, 6.45) is 1.55. The van der Waals surface area contributed by atoms with Crippen molar-refractivity contribution in [2.45, 2.75) is 12.5 Å². The molecule has 1 atom stereocenters. The fourth-order valence-electron chi connectivity index (χ4n) is 1.81. The first-order valence-electron chi connectivity index (χ1n) is 5.90. The molecule has 0 spiro atoms. The number of nitrogens with one attached hydrogen (secondary N) is 1. The highest BCUT2D eigenvalue weighted by atomic mass is 79.9. The summed E-state index contributed by atoms with van der Waals surface area (Å²) in [5.41, 5.74) is 6.27. The lowest BCUT2D eigenvalue weighted by Crippen LogP contribution is -2.40. The summed E-state index contributed by atoms with van der Waals surface area (Å²) < 4.78 is 14.4. The Morgan fingerprint density at radius 3 is 2.63 bits per heavy atom. The predicted molar refractivity (Wildman–Crippen MR) is 78.4 cm³/mol. The standard InChI is InChI=1S/C14H15BrFN3/c1-14(9-17,10-5-3-2-4-6-10)19-13-12(16)7-11(15)8-18-13/h2-8H,9,17H2,1H3,(H,18,19). The van der Waals surface area contributed by atoms with Crippen molar-refractivity contribution in [2.75, 3.05) is 11.9 Å². The Morgan fingerprint density at radius 2 is 2.05 bits per heavy atom. The Kier molecular flexibility index (Phi) is 4.17. The van der Waals surface area contributed by atoms with Gasteiger partial charge in [0, 0.05) is 17.2 Å². The summed E-state index contributed by atoms with van der Waals surface area (Å²) >= 11 is 3.18. The number of halogens is 2. The minimum Gasteiger partial charge on any atom is -0.357 e. The van der Waals surface area contributed by atoms with Crippen molar-refractivity contribution in [3.05, 3.63) is 58.4 Å². The Hall–Kier alpha value is -1.46. The van der Waals surface area contributed by atoms with E-state index in [-0.39, 0.29) is 5.82 Å². The monoisotopic (exact) mass is 323 g/mol. The van der Waals surface area contributed by atoms with Crippen LogP contribution >= 0.6 is 15.9 Å². The van der Waals surface area contributed by atoms with Gasteiger partial charge in [-0.2, -0.15) is 0 Å². The SMILES string of the molecule is CC(CN)(Nc1ncc(Br)cc1F)c1ccccc1. The summed E-state index contributed by atoms with van der Waals surface area (Å²) in [7, 11) is 0. The Labute approximate surface area is 120 Å². The normalized spacial score (nSPS) is 13.9. The van der Waals surface area contributed by atoms with E-state index in [1.807, 2.05) is 37.3 Å². The molecule has 0 amide bonds. The first kappa shape index (κ1) is 14.0. The number of aromatic nitrogens is 1. The third-order valence-electron chi connectivity index (χ3n) is 3.02. The lowest BCUT2D eigenvalue weighted by Gasteiger charge is -2.30. The van der Waals surface area contributed by atoms with Crippen LogP contribution in [0.15, 0.2) is 47.1 Å². The highest BCUT2D eigenvalue weighted by Crippen LogP contribution is 2.26. The van der Waals surface area contributed by atoms with Crippen LogP contribution in [0, 0.1) is 5.82 Å². The Balaban J connectivity index is 2.33. The van der Waals surface area contributed by atoms with Gasteiger partial charge in [-0.3, -0.25) is 0 Å². The maximum atomic E-state index is 13.8. The second-order valence-electron chi connectivity index (χ2n) is 4.51. The van der Waals surface area contributed by atoms with Crippen LogP contribution in [0.1, 0.15) is 12.5 Å². The molecule has 0 fully saturated rings. The number of benzene rings is 1. The molecule has 2 aromatic rings. The molecular weight excluding hydrogens is 309 g/mol. The zero-order valence-electron chi connectivity index (χ0n) is 10.5. The van der Waals surface area contributed by atoms with Gasteiger partial charge in [0.15, 0.2) is 11.6 Å². The molecule has 0 bridgehead atoms. The molecule has 3 nitrogen and oxygen atoms in total. The summed E-state index contributed by atoms with van der Waals surface area (Å²) in [6.45, 7) is 2.25. The molecule has 5 heteroatoms. The van der Waals surface area contributed by atoms with Crippen molar-refractivity contribution in [1.82, 2.24) is 4.98 Å². The number of rotatable bonds is 4. The number of nitrogens with two attached hydrogens (primary N) is 1. The van der Waals surface area contributed by atoms with E-state index in [1.54, 1.807) is 6.20 Å². The first-order chi connectivity index (χ1) is 9.05. The van der Waals surface area contributed by atoms with Crippen molar-refractivity contribution >= 4 is 21.7 Å². The minimum absolute atomic E-state index is 0.194. The molecule has 1 aromatic heterocycles. The average Bonchev–Trinajstić information content (AvgIpc) is 2.43. The molecule has 3 N–H and O–H groups in total. The van der Waals surface area contributed by atoms with Crippen molar-refractivity contribution in [1.29, 1.82) is 0 Å². The number of nitrogens with zero attached hydrogens (tertiary/aromatic N) is 1. The van der Waals surface area contributed by atoms with Gasteiger partial charge in [-0.05, 0) is 34.5 Å². The molecule has 1 heterocycles. The number of hydrogen-bond acceptors (Lipinski definition) is 3. The van der Waals surface area contributed by atoms with Gasteiger partial charge >= 0.3 is 0 Å². The van der Waals surface area contributed by atoms with Crippen molar-refractivity contribution in [3.63, 3.8) is 0 Å². The van der Waals surface area contributed by atoms with Gasteiger partial charge in [0.05, 0.1) is 5.54 Å². The Bertz CT molecular complexity index is 562. The van der Waals surface area contributed by atoms with Gasteiger partial charge in [-0.15, -0.1) is 0 Å². The first-order valence-corrected chi connectivity index (χ1v) is 6.69. The molecule has 0 aliphatic heterocycles. The van der Waals surface area contributed by atoms with Crippen molar-refractivity contribution in [3.8, 4) is 0 Å². The van der Waals surface area contributed by atoms with Gasteiger partial charge in [-0.25, -0.2) is 9.37 Å². The molecule has 0 saturated heterocycles. The van der Waals surface area contributed by atoms with E-state index in [0.29, 0.717) is 11.0 Å². The van der Waals surface area contributed by atoms with E-state index in [1.165, 1.54) is 6.07 Å². The second kappa shape index (κ2) is 5.67. The number of anilines is 1. The minimum atomic E-state index is -0.567. The maximum Gasteiger partial charge on any atom is 0.166 e. The molecule has 0 radical (unpaired) electrons. The van der Waals surface area contributed by atoms with Crippen LogP contribution in [0.25, 0.3) is 0 Å². The lowest BCUT2D eigenvalue weighted by molar-refractivity contribution is 0.540. The second-order valence-corrected chi connectivity index (χ2v) is 5.43. The molecule has 2 rings (SSSR count). The third-order valence-corrected chi connectivity index (χ3v) is 3.45. The Morgan fingerprint density at radius 1 is 1.37 bits per heavy atom. The van der Waals surface area contributed by atoms with E-state index >= 15 is 0 Å². The number of hydrogen-bond donors (Lipinski definition) is 2. The topological polar surface area (TPSA) is 50.9 Å². The van der Waals surface area contributed by atoms with Crippen LogP contribution in [0.4, 0.5) is 10.2 Å². The summed E-state index contributed by atoms with van der Waals surface area (Å²) in [6, 6.07) is 11.1. The molecule has 1 aromatic carbocycles. The largest absolute Gasteiger partial charge is 0.357 e. The van der Waals surface area contributed by atoms with E-state index in [9.17, 15) is 4.39 Å². The fourth-order valence-corrected chi connectivity index (χ4v) is 2.12. The summed E-state index contributed by atoms with van der Waals surface area (Å²) in [5, 5.41) is 3.08. The van der Waals surface area contributed by atoms with Crippen LogP contribution < -0.4 is 11.1 Å². The molecular formula is C14H15BrFN3. The van der Waals surface area contributed by atoms with E-state index in [4.69, 9.17) is 5.73 Å². The number of pyridine rings is 1. The zero-order valence-corrected chi connectivity index (χ0v) is 12.1. The molecule has 19 heavy (non-hydrogen) atoms. The van der Waals surface area contributed by atoms with Crippen LogP contribution in [-0.2, 0) is 5.54 Å². The van der Waals surface area contributed by atoms with E-state index in [0.717, 1.165) is 5.56 Å². The van der Waals surface area contributed by atoms with Gasteiger partial charge < -0.3 is 11.1 Å². The van der Waals surface area contributed by atoms with E-state index in [2.05, 4.69) is 26.2 Å². The lowest BCUT2D eigenvalue weighted by atomic mass is 9.92. The van der Waals surface area contributed by atoms with E-state index < -0.39 is 11.4 Å². The summed E-state index contributed by atoms with van der Waals surface area (Å²) in [4.78, 5) is 4.05. The van der Waals surface area contributed by atoms with Crippen LogP contribution in [-0.4, -0.2) is 11.5 Å². The van der Waals surface area contributed by atoms with Crippen LogP contribution in [0.3, 0.4) is 0 Å². The van der Waals surface area contributed by atoms with Crippen molar-refractivity contribution < 1.29 is 4.39 Å². The smallest absolute Gasteiger partial charge is 0.166 e. The van der Waals surface area contributed by atoms with Gasteiger partial charge in [0.1, 0.15) is 0 Å². The van der Waals surface area contributed by atoms with Gasteiger partial charge in [-0.1, -0.05) is 30.3 Å². The predicted octanol–water partition coefficient (Wildman–Crippen LogP) is 3.27. The summed E-state index contributed by atoms with van der Waals surface area (Å²) in [5.74, 6) is -0.218.